The fourth-order valence-electron chi connectivity index (χ4n) is 13.1. The van der Waals surface area contributed by atoms with Crippen LogP contribution in [0.1, 0.15) is 127 Å². The van der Waals surface area contributed by atoms with Gasteiger partial charge in [-0.25, -0.2) is 29.1 Å². The number of urea groups is 2. The molecule has 0 aliphatic heterocycles. The minimum Gasteiger partial charge on any atom is -0.469 e. The van der Waals surface area contributed by atoms with Gasteiger partial charge >= 0.3 is 36.2 Å². The maximum atomic E-state index is 14.3. The van der Waals surface area contributed by atoms with Gasteiger partial charge in [-0.1, -0.05) is 133 Å². The van der Waals surface area contributed by atoms with Crippen LogP contribution in [0.2, 0.25) is 0 Å². The summed E-state index contributed by atoms with van der Waals surface area (Å²) in [6, 6.07) is 45.5. The number of esters is 2. The number of unbranched alkanes of at least 4 members (excludes halogenated alkanes) is 1. The monoisotopic (exact) mass is 1740 g/mol. The SMILES string of the molecule is COC(=O)CC(NC(=O)[C@H](COCCOCCOCCNC(=O)NCCCCNC(=O)NCCOCCOCCOC[C@H](NC(=O)CCCN(C(=O)OC(C)(C)C)c1cc(C)ccn1)C(=O)NC(CC(=O)OC)c1ccc(-c2cccc3ccccc23)cc1)NC(=O)CCCN(C(=O)OC(C)(C)C)c1cc(C)ccn1)c1ccc(-c2cccc3ccccc23)cc1. The highest BCUT2D eigenvalue weighted by Gasteiger charge is 2.32. The lowest BCUT2D eigenvalue weighted by atomic mass is 9.95. The minimum absolute atomic E-state index is 0.0388. The lowest BCUT2D eigenvalue weighted by Gasteiger charge is -2.27. The Morgan fingerprint density at radius 1 is 0.389 bits per heavy atom. The van der Waals surface area contributed by atoms with E-state index in [1.54, 1.807) is 78.2 Å². The Labute approximate surface area is 736 Å². The van der Waals surface area contributed by atoms with Gasteiger partial charge in [0, 0.05) is 64.5 Å². The molecule has 0 saturated carbocycles. The van der Waals surface area contributed by atoms with Crippen molar-refractivity contribution in [1.29, 1.82) is 0 Å². The minimum atomic E-state index is -1.22. The number of carbonyl (C=O) groups excluding carboxylic acids is 10. The number of aromatic nitrogens is 2. The summed E-state index contributed by atoms with van der Waals surface area (Å²) >= 11 is 0. The van der Waals surface area contributed by atoms with Crippen LogP contribution < -0.4 is 52.3 Å². The van der Waals surface area contributed by atoms with E-state index in [9.17, 15) is 47.9 Å². The third kappa shape index (κ3) is 35.4. The molecule has 0 fully saturated rings. The quantitative estimate of drug-likeness (QED) is 0.00997. The Morgan fingerprint density at radius 2 is 0.738 bits per heavy atom. The first-order chi connectivity index (χ1) is 60.6. The molecule has 0 bridgehead atoms. The summed E-state index contributed by atoms with van der Waals surface area (Å²) in [6.07, 6.45) is 2.88. The molecule has 678 valence electrons. The second-order valence-electron chi connectivity index (χ2n) is 31.7. The topological polar surface area (TPSA) is 391 Å². The number of nitrogens with one attached hydrogen (secondary N) is 8. The highest BCUT2D eigenvalue weighted by Crippen LogP contribution is 2.33. The molecular weight excluding hydrogens is 1620 g/mol. The number of rotatable bonds is 51. The molecule has 0 radical (unpaired) electrons. The number of nitrogens with zero attached hydrogens (tertiary/aromatic N) is 4. The summed E-state index contributed by atoms with van der Waals surface area (Å²) < 4.78 is 55.9. The van der Waals surface area contributed by atoms with Crippen molar-refractivity contribution in [3.8, 4) is 22.3 Å². The van der Waals surface area contributed by atoms with Gasteiger partial charge in [0.05, 0.1) is 118 Å². The van der Waals surface area contributed by atoms with Crippen molar-refractivity contribution in [2.45, 2.75) is 142 Å². The van der Waals surface area contributed by atoms with Gasteiger partial charge in [0.1, 0.15) is 34.9 Å². The summed E-state index contributed by atoms with van der Waals surface area (Å²) in [4.78, 5) is 145. The van der Waals surface area contributed by atoms with Crippen LogP contribution in [0.5, 0.6) is 0 Å². The Balaban J connectivity index is 0.686. The average Bonchev–Trinajstić information content (AvgIpc) is 0.803. The molecule has 8 rings (SSSR count). The summed E-state index contributed by atoms with van der Waals surface area (Å²) in [7, 11) is 2.53. The fraction of sp³-hybridized carbons (Fsp3) is 0.447. The number of fused-ring (bicyclic) bond motifs is 2. The molecule has 4 atom stereocenters. The molecule has 2 unspecified atom stereocenters. The third-order valence-electron chi connectivity index (χ3n) is 19.4. The lowest BCUT2D eigenvalue weighted by Crippen LogP contribution is -2.50. The molecule has 10 amide bonds. The van der Waals surface area contributed by atoms with Crippen molar-refractivity contribution in [1.82, 2.24) is 52.5 Å². The number of aryl methyl sites for hydroxylation is 2. The van der Waals surface area contributed by atoms with E-state index in [0.29, 0.717) is 48.7 Å². The maximum absolute atomic E-state index is 14.3. The van der Waals surface area contributed by atoms with Crippen LogP contribution in [-0.4, -0.2) is 226 Å². The fourth-order valence-corrected chi connectivity index (χ4v) is 13.1. The van der Waals surface area contributed by atoms with Gasteiger partial charge in [0.2, 0.25) is 23.6 Å². The molecule has 8 N–H and O–H groups in total. The Bertz CT molecular complexity index is 4500. The van der Waals surface area contributed by atoms with Crippen molar-refractivity contribution in [2.24, 2.45) is 0 Å². The van der Waals surface area contributed by atoms with Gasteiger partial charge in [-0.15, -0.1) is 0 Å². The van der Waals surface area contributed by atoms with Crippen molar-refractivity contribution in [2.75, 3.05) is 143 Å². The van der Waals surface area contributed by atoms with Crippen LogP contribution in [0.25, 0.3) is 43.8 Å². The number of carbonyl (C=O) groups is 10. The van der Waals surface area contributed by atoms with Gasteiger partial charge in [-0.3, -0.25) is 38.6 Å². The number of ether oxygens (including phenoxy) is 10. The Kier molecular flexibility index (Phi) is 41.4. The Morgan fingerprint density at radius 3 is 1.10 bits per heavy atom. The van der Waals surface area contributed by atoms with Crippen molar-refractivity contribution < 1.29 is 95.3 Å². The first-order valence-electron chi connectivity index (χ1n) is 42.5. The second-order valence-corrected chi connectivity index (χ2v) is 31.7. The lowest BCUT2D eigenvalue weighted by molar-refractivity contribution is -0.142. The van der Waals surface area contributed by atoms with E-state index in [-0.39, 0.29) is 156 Å². The predicted octanol–water partition coefficient (Wildman–Crippen LogP) is 11.8. The number of hydrogen-bond acceptors (Lipinski definition) is 22. The maximum Gasteiger partial charge on any atom is 0.416 e. The van der Waals surface area contributed by atoms with Gasteiger partial charge in [-0.05, 0) is 171 Å². The van der Waals surface area contributed by atoms with E-state index >= 15 is 0 Å². The zero-order chi connectivity index (χ0) is 90.6. The van der Waals surface area contributed by atoms with Crippen molar-refractivity contribution in [3.63, 3.8) is 0 Å². The first kappa shape index (κ1) is 99.2. The zero-order valence-electron chi connectivity index (χ0n) is 73.8. The number of amides is 10. The summed E-state index contributed by atoms with van der Waals surface area (Å²) in [5.41, 5.74) is 5.29. The van der Waals surface area contributed by atoms with Crippen LogP contribution in [0.3, 0.4) is 0 Å². The van der Waals surface area contributed by atoms with Crippen LogP contribution in [0.15, 0.2) is 170 Å². The number of pyridine rings is 2. The van der Waals surface area contributed by atoms with E-state index in [1.807, 2.05) is 147 Å². The highest BCUT2D eigenvalue weighted by atomic mass is 16.6. The van der Waals surface area contributed by atoms with Crippen LogP contribution in [-0.2, 0) is 76.1 Å². The molecule has 6 aromatic carbocycles. The van der Waals surface area contributed by atoms with E-state index in [4.69, 9.17) is 47.4 Å². The van der Waals surface area contributed by atoms with E-state index in [0.717, 1.165) is 54.9 Å². The third-order valence-corrected chi connectivity index (χ3v) is 19.4. The predicted molar refractivity (Wildman–Crippen MR) is 478 cm³/mol. The van der Waals surface area contributed by atoms with Gasteiger partial charge < -0.3 is 89.9 Å². The highest BCUT2D eigenvalue weighted by molar-refractivity contribution is 5.98. The van der Waals surface area contributed by atoms with Crippen LogP contribution >= 0.6 is 0 Å². The van der Waals surface area contributed by atoms with Crippen molar-refractivity contribution >= 4 is 93.0 Å². The largest absolute Gasteiger partial charge is 0.469 e. The molecule has 8 aromatic rings. The number of hydrogen-bond donors (Lipinski definition) is 8. The molecule has 126 heavy (non-hydrogen) atoms. The van der Waals surface area contributed by atoms with Gasteiger partial charge in [-0.2, -0.15) is 0 Å². The van der Waals surface area contributed by atoms with Crippen molar-refractivity contribution in [3.05, 3.63) is 192 Å². The number of benzene rings is 6. The smallest absolute Gasteiger partial charge is 0.416 e. The Hall–Kier alpha value is -12.2. The summed E-state index contributed by atoms with van der Waals surface area (Å²) in [6.45, 7) is 16.6. The molecule has 32 heteroatoms. The van der Waals surface area contributed by atoms with Crippen LogP contribution in [0.4, 0.5) is 30.8 Å². The number of methoxy groups -OCH3 is 2. The van der Waals surface area contributed by atoms with E-state index in [2.05, 4.69) is 52.5 Å². The molecular formula is C94H122N12O20. The van der Waals surface area contributed by atoms with E-state index < -0.39 is 83.1 Å². The van der Waals surface area contributed by atoms with Crippen LogP contribution in [0, 0.1) is 13.8 Å². The molecule has 0 saturated heterocycles. The molecule has 0 spiro atoms. The average molecular weight is 1740 g/mol. The normalized spacial score (nSPS) is 12.3. The molecule has 2 aromatic heterocycles. The van der Waals surface area contributed by atoms with E-state index in [1.165, 1.54) is 24.0 Å². The summed E-state index contributed by atoms with van der Waals surface area (Å²) in [5, 5.41) is 26.8. The zero-order valence-corrected chi connectivity index (χ0v) is 73.8. The second kappa shape index (κ2) is 52.5. The van der Waals surface area contributed by atoms with Gasteiger partial charge in [0.15, 0.2) is 0 Å². The van der Waals surface area contributed by atoms with Gasteiger partial charge in [0.25, 0.3) is 0 Å². The number of anilines is 2. The molecule has 0 aliphatic rings. The first-order valence-corrected chi connectivity index (χ1v) is 42.5. The molecule has 32 nitrogen and oxygen atoms in total. The molecule has 0 aliphatic carbocycles. The summed E-state index contributed by atoms with van der Waals surface area (Å²) in [5.74, 6) is -2.64. The standard InChI is InChI=1S/C94H122N12O20/c1-65-39-43-95-81(59-65)105(91(115)125-93(3,4)5)47-19-29-83(107)101-79(87(111)103-77(61-85(109)117-9)71-35-31-69(32-36-71)75-27-17-23-67-21-11-13-25-73(67)75)63-123-57-55-121-53-51-119-49-45-99-89(113)97-41-15-16-42-98-90(114)100-46-50-120-52-54-122-56-58-124-64-80(102-84(108)30-20-48-106(92(116)126-94(6,7)8)82-60-66(2)40-44-96-82)88(112)104-78(62-86(110)118-10)72-37-33-70(34-38-72)76-28-18-24-68-22-12-14-26-74(68)76/h11-14,17-18,21-28,31-40,43-44,59-60,77-80H,15-16,19-20,29-30,41-42,45-58,61-64H2,1-10H3,(H,101,107)(H,102,108)(H,103,111)(H,104,112)(H2,97,99,113)(H2,98,100,114)/t77?,78?,79-,80-/m0/s1. The molecule has 2 heterocycles.